The molecule has 0 atom stereocenters. The number of benzene rings is 9. The zero-order valence-corrected chi connectivity index (χ0v) is 30.3. The summed E-state index contributed by atoms with van der Waals surface area (Å²) in [7, 11) is 0. The van der Waals surface area contributed by atoms with Crippen LogP contribution in [0.1, 0.15) is 22.3 Å². The van der Waals surface area contributed by atoms with Crippen molar-refractivity contribution in [1.29, 1.82) is 0 Å². The molecule has 0 fully saturated rings. The van der Waals surface area contributed by atoms with Crippen molar-refractivity contribution in [1.82, 2.24) is 0 Å². The molecule has 1 spiro atoms. The summed E-state index contributed by atoms with van der Waals surface area (Å²) in [5.74, 6) is 1.76. The lowest BCUT2D eigenvalue weighted by Gasteiger charge is -2.39. The highest BCUT2D eigenvalue weighted by Gasteiger charge is 2.51. The van der Waals surface area contributed by atoms with E-state index in [1.165, 1.54) is 33.0 Å². The monoisotopic (exact) mass is 715 g/mol. The van der Waals surface area contributed by atoms with Crippen LogP contribution in [0.2, 0.25) is 0 Å². The van der Waals surface area contributed by atoms with E-state index in [2.05, 4.69) is 193 Å². The minimum absolute atomic E-state index is 0.620. The smallest absolute Gasteiger partial charge is 0.135 e. The third kappa shape index (κ3) is 4.28. The van der Waals surface area contributed by atoms with Crippen molar-refractivity contribution in [3.8, 4) is 33.8 Å². The van der Waals surface area contributed by atoms with Crippen molar-refractivity contribution < 1.29 is 9.15 Å². The van der Waals surface area contributed by atoms with Gasteiger partial charge in [0.1, 0.15) is 22.7 Å². The summed E-state index contributed by atoms with van der Waals surface area (Å²) < 4.78 is 13.0. The molecular weight excluding hydrogens is 683 g/mol. The number of rotatable bonds is 4. The maximum absolute atomic E-state index is 6.71. The fourth-order valence-electron chi connectivity index (χ4n) is 9.60. The van der Waals surface area contributed by atoms with Gasteiger partial charge in [-0.25, -0.2) is 0 Å². The fourth-order valence-corrected chi connectivity index (χ4v) is 9.60. The number of ether oxygens (including phenoxy) is 1. The molecule has 0 unspecified atom stereocenters. The summed E-state index contributed by atoms with van der Waals surface area (Å²) >= 11 is 0. The zero-order valence-electron chi connectivity index (χ0n) is 30.3. The molecule has 3 nitrogen and oxygen atoms in total. The van der Waals surface area contributed by atoms with Crippen molar-refractivity contribution in [2.75, 3.05) is 4.90 Å². The Hall–Kier alpha value is -7.36. The second-order valence-electron chi connectivity index (χ2n) is 14.8. The Morgan fingerprint density at radius 3 is 1.88 bits per heavy atom. The molecule has 0 bridgehead atoms. The van der Waals surface area contributed by atoms with Crippen molar-refractivity contribution in [2.45, 2.75) is 5.41 Å². The van der Waals surface area contributed by atoms with E-state index in [1.54, 1.807) is 0 Å². The molecule has 2 heterocycles. The summed E-state index contributed by atoms with van der Waals surface area (Å²) in [6, 6.07) is 72.0. The van der Waals surface area contributed by atoms with Crippen LogP contribution in [0, 0.1) is 0 Å². The standard InChI is InChI=1S/C53H33NO2/c1-2-14-34(15-3-1)38-17-6-10-22-47(38)54(36-28-31-49-42(32-36)40-19-7-11-23-48(40)55-49)37-27-29-41-46(33-37)53(45-30-26-35-16-4-5-18-39(35)52(41)45)43-20-8-12-24-50(43)56-51-25-13-9-21-44(51)53/h1-33H. The van der Waals surface area contributed by atoms with Gasteiger partial charge in [0.25, 0.3) is 0 Å². The highest BCUT2D eigenvalue weighted by molar-refractivity contribution is 6.08. The van der Waals surface area contributed by atoms with Crippen LogP contribution in [0.4, 0.5) is 17.1 Å². The summed E-state index contributed by atoms with van der Waals surface area (Å²) in [6.07, 6.45) is 0. The molecule has 12 rings (SSSR count). The predicted molar refractivity (Wildman–Crippen MR) is 229 cm³/mol. The largest absolute Gasteiger partial charge is 0.457 e. The highest BCUT2D eigenvalue weighted by atomic mass is 16.5. The fraction of sp³-hybridized carbons (Fsp3) is 0.0189. The van der Waals surface area contributed by atoms with Gasteiger partial charge in [0.05, 0.1) is 11.1 Å². The lowest BCUT2D eigenvalue weighted by molar-refractivity contribution is 0.436. The third-order valence-electron chi connectivity index (χ3n) is 11.9. The topological polar surface area (TPSA) is 25.6 Å². The van der Waals surface area contributed by atoms with Crippen molar-refractivity contribution in [3.05, 3.63) is 222 Å². The molecule has 9 aromatic carbocycles. The third-order valence-corrected chi connectivity index (χ3v) is 11.9. The van der Waals surface area contributed by atoms with E-state index in [-0.39, 0.29) is 0 Å². The molecule has 10 aromatic rings. The van der Waals surface area contributed by atoms with Crippen LogP contribution in [-0.4, -0.2) is 0 Å². The molecule has 1 aromatic heterocycles. The Bertz CT molecular complexity index is 3150. The second kappa shape index (κ2) is 11.8. The number of nitrogens with zero attached hydrogens (tertiary/aromatic N) is 1. The first-order chi connectivity index (χ1) is 27.8. The van der Waals surface area contributed by atoms with Crippen LogP contribution in [0.5, 0.6) is 11.5 Å². The van der Waals surface area contributed by atoms with E-state index in [1.807, 2.05) is 12.1 Å². The molecule has 0 radical (unpaired) electrons. The molecule has 0 saturated carbocycles. The van der Waals surface area contributed by atoms with E-state index in [4.69, 9.17) is 9.15 Å². The molecule has 0 amide bonds. The van der Waals surface area contributed by atoms with Gasteiger partial charge in [-0.2, -0.15) is 0 Å². The van der Waals surface area contributed by atoms with Gasteiger partial charge >= 0.3 is 0 Å². The van der Waals surface area contributed by atoms with Crippen molar-refractivity contribution in [2.24, 2.45) is 0 Å². The minimum atomic E-state index is -0.620. The number of fused-ring (bicyclic) bond motifs is 14. The number of anilines is 3. The predicted octanol–water partition coefficient (Wildman–Crippen LogP) is 14.3. The van der Waals surface area contributed by atoms with Crippen LogP contribution < -0.4 is 9.64 Å². The average molecular weight is 716 g/mol. The maximum Gasteiger partial charge on any atom is 0.135 e. The van der Waals surface area contributed by atoms with Gasteiger partial charge in [-0.3, -0.25) is 0 Å². The maximum atomic E-state index is 6.71. The van der Waals surface area contributed by atoms with Crippen LogP contribution in [0.3, 0.4) is 0 Å². The zero-order chi connectivity index (χ0) is 36.8. The van der Waals surface area contributed by atoms with Gasteiger partial charge in [-0.05, 0) is 93.2 Å². The number of furan rings is 1. The van der Waals surface area contributed by atoms with Crippen LogP contribution >= 0.6 is 0 Å². The summed E-state index contributed by atoms with van der Waals surface area (Å²) in [4.78, 5) is 2.43. The van der Waals surface area contributed by atoms with Gasteiger partial charge < -0.3 is 14.1 Å². The van der Waals surface area contributed by atoms with Crippen LogP contribution in [0.25, 0.3) is 55.0 Å². The molecule has 0 N–H and O–H groups in total. The first-order valence-electron chi connectivity index (χ1n) is 19.2. The van der Waals surface area contributed by atoms with Crippen molar-refractivity contribution >= 4 is 49.8 Å². The molecular formula is C53H33NO2. The minimum Gasteiger partial charge on any atom is -0.457 e. The van der Waals surface area contributed by atoms with E-state index >= 15 is 0 Å². The first kappa shape index (κ1) is 31.0. The molecule has 3 heteroatoms. The van der Waals surface area contributed by atoms with Gasteiger partial charge in [0.2, 0.25) is 0 Å². The van der Waals surface area contributed by atoms with E-state index in [0.29, 0.717) is 0 Å². The molecule has 0 saturated heterocycles. The van der Waals surface area contributed by atoms with Gasteiger partial charge in [-0.1, -0.05) is 146 Å². The van der Waals surface area contributed by atoms with Gasteiger partial charge in [0, 0.05) is 38.8 Å². The molecule has 1 aliphatic heterocycles. The van der Waals surface area contributed by atoms with Gasteiger partial charge in [-0.15, -0.1) is 0 Å². The first-order valence-corrected chi connectivity index (χ1v) is 19.2. The number of hydrogen-bond donors (Lipinski definition) is 0. The Balaban J connectivity index is 1.19. The van der Waals surface area contributed by atoms with Crippen molar-refractivity contribution in [3.63, 3.8) is 0 Å². The Labute approximate surface area is 324 Å². The number of para-hydroxylation sites is 4. The Morgan fingerprint density at radius 1 is 0.393 bits per heavy atom. The van der Waals surface area contributed by atoms with E-state index in [0.717, 1.165) is 72.8 Å². The Morgan fingerprint density at radius 2 is 1.04 bits per heavy atom. The lowest BCUT2D eigenvalue weighted by Crippen LogP contribution is -2.32. The quantitative estimate of drug-likeness (QED) is 0.181. The summed E-state index contributed by atoms with van der Waals surface area (Å²) in [5, 5.41) is 4.67. The average Bonchev–Trinajstić information content (AvgIpc) is 3.78. The molecule has 56 heavy (non-hydrogen) atoms. The highest BCUT2D eigenvalue weighted by Crippen LogP contribution is 2.63. The van der Waals surface area contributed by atoms with Gasteiger partial charge in [0.15, 0.2) is 0 Å². The molecule has 262 valence electrons. The molecule has 1 aliphatic carbocycles. The SMILES string of the molecule is c1ccc(-c2ccccc2N(c2ccc3c(c2)C2(c4ccccc4Oc4ccccc42)c2ccc4ccccc4c2-3)c2ccc3oc4ccccc4c3c2)cc1. The van der Waals surface area contributed by atoms with Crippen LogP contribution in [0.15, 0.2) is 205 Å². The van der Waals surface area contributed by atoms with E-state index < -0.39 is 5.41 Å². The summed E-state index contributed by atoms with van der Waals surface area (Å²) in [6.45, 7) is 0. The molecule has 2 aliphatic rings. The lowest BCUT2D eigenvalue weighted by atomic mass is 9.66. The van der Waals surface area contributed by atoms with E-state index in [9.17, 15) is 0 Å². The normalized spacial score (nSPS) is 13.3. The Kier molecular flexibility index (Phi) is 6.55. The second-order valence-corrected chi connectivity index (χ2v) is 14.8. The number of hydrogen-bond acceptors (Lipinski definition) is 3. The summed E-state index contributed by atoms with van der Waals surface area (Å²) in [5.41, 5.74) is 14.0. The van der Waals surface area contributed by atoms with Crippen LogP contribution in [-0.2, 0) is 5.41 Å².